The van der Waals surface area contributed by atoms with Crippen LogP contribution in [0.1, 0.15) is 26.7 Å². The average molecular weight is 186 g/mol. The van der Waals surface area contributed by atoms with Gasteiger partial charge in [-0.25, -0.2) is 0 Å². The van der Waals surface area contributed by atoms with Gasteiger partial charge in [0.05, 0.1) is 0 Å². The van der Waals surface area contributed by atoms with Gasteiger partial charge >= 0.3 is 11.9 Å². The molecule has 0 aliphatic heterocycles. The van der Waals surface area contributed by atoms with Crippen LogP contribution in [0.4, 0.5) is 0 Å². The zero-order valence-corrected chi connectivity index (χ0v) is 7.78. The van der Waals surface area contributed by atoms with Crippen LogP contribution in [0.2, 0.25) is 0 Å². The van der Waals surface area contributed by atoms with Crippen molar-refractivity contribution in [3.05, 3.63) is 12.2 Å². The molecule has 0 saturated carbocycles. The third-order valence-electron chi connectivity index (χ3n) is 2.12. The maximum atomic E-state index is 10.8. The van der Waals surface area contributed by atoms with Gasteiger partial charge in [0, 0.05) is 0 Å². The quantitative estimate of drug-likeness (QED) is 0.504. The third kappa shape index (κ3) is 2.31. The van der Waals surface area contributed by atoms with E-state index in [1.54, 1.807) is 26.0 Å². The zero-order valence-electron chi connectivity index (χ0n) is 7.78. The van der Waals surface area contributed by atoms with Gasteiger partial charge in [0.15, 0.2) is 5.41 Å². The molecule has 13 heavy (non-hydrogen) atoms. The fraction of sp³-hybridized carbons (Fsp3) is 0.556. The summed E-state index contributed by atoms with van der Waals surface area (Å²) in [5, 5.41) is 17.6. The molecule has 0 atom stereocenters. The number of aliphatic carboxylic acids is 2. The predicted octanol–water partition coefficient (Wildman–Crippen LogP) is 1.52. The van der Waals surface area contributed by atoms with E-state index in [1.165, 1.54) is 0 Å². The molecule has 0 heterocycles. The molecule has 4 nitrogen and oxygen atoms in total. The van der Waals surface area contributed by atoms with Gasteiger partial charge in [0.25, 0.3) is 0 Å². The van der Waals surface area contributed by atoms with Crippen molar-refractivity contribution in [1.29, 1.82) is 0 Å². The van der Waals surface area contributed by atoms with Gasteiger partial charge in [-0.2, -0.15) is 0 Å². The summed E-state index contributed by atoms with van der Waals surface area (Å²) in [5.74, 6) is -2.55. The van der Waals surface area contributed by atoms with Crippen LogP contribution in [0.25, 0.3) is 0 Å². The summed E-state index contributed by atoms with van der Waals surface area (Å²) in [7, 11) is 0. The smallest absolute Gasteiger partial charge is 0.321 e. The summed E-state index contributed by atoms with van der Waals surface area (Å²) in [6.07, 6.45) is 3.33. The number of carboxylic acid groups (broad SMARTS) is 2. The minimum absolute atomic E-state index is 0.0324. The van der Waals surface area contributed by atoms with Crippen LogP contribution in [0, 0.1) is 5.41 Å². The van der Waals surface area contributed by atoms with E-state index in [0.29, 0.717) is 0 Å². The Morgan fingerprint density at radius 1 is 1.31 bits per heavy atom. The van der Waals surface area contributed by atoms with Gasteiger partial charge in [-0.1, -0.05) is 19.1 Å². The minimum Gasteiger partial charge on any atom is -0.480 e. The number of carbonyl (C=O) groups is 2. The molecule has 0 aliphatic carbocycles. The highest BCUT2D eigenvalue weighted by molar-refractivity contribution is 5.98. The second-order valence-electron chi connectivity index (χ2n) is 2.82. The lowest BCUT2D eigenvalue weighted by atomic mass is 9.82. The maximum Gasteiger partial charge on any atom is 0.321 e. The molecule has 0 fully saturated rings. The van der Waals surface area contributed by atoms with Crippen molar-refractivity contribution >= 4 is 11.9 Å². The van der Waals surface area contributed by atoms with Crippen LogP contribution >= 0.6 is 0 Å². The standard InChI is InChI=1S/C9H14O4/c1-3-5-6-9(4-2,7(10)11)8(12)13/h3,5H,4,6H2,1-2H3,(H,10,11)(H,12,13)/b5-3+. The van der Waals surface area contributed by atoms with Gasteiger partial charge in [-0.15, -0.1) is 0 Å². The molecule has 0 saturated heterocycles. The summed E-state index contributed by atoms with van der Waals surface area (Å²) < 4.78 is 0. The van der Waals surface area contributed by atoms with E-state index in [0.717, 1.165) is 0 Å². The van der Waals surface area contributed by atoms with E-state index in [-0.39, 0.29) is 12.8 Å². The number of allylic oxidation sites excluding steroid dienone is 2. The molecular weight excluding hydrogens is 172 g/mol. The molecule has 0 rings (SSSR count). The number of hydrogen-bond acceptors (Lipinski definition) is 2. The van der Waals surface area contributed by atoms with Crippen LogP contribution in [0.5, 0.6) is 0 Å². The van der Waals surface area contributed by atoms with Gasteiger partial charge < -0.3 is 10.2 Å². The van der Waals surface area contributed by atoms with Gasteiger partial charge in [0.1, 0.15) is 0 Å². The highest BCUT2D eigenvalue weighted by atomic mass is 16.4. The molecule has 0 aliphatic rings. The molecule has 0 amide bonds. The molecule has 0 aromatic heterocycles. The van der Waals surface area contributed by atoms with E-state index in [1.807, 2.05) is 0 Å². The topological polar surface area (TPSA) is 74.6 Å². The second kappa shape index (κ2) is 4.64. The first-order chi connectivity index (χ1) is 6.01. The SMILES string of the molecule is C/C=C/CC(CC)(C(=O)O)C(=O)O. The first-order valence-corrected chi connectivity index (χ1v) is 4.09. The van der Waals surface area contributed by atoms with Crippen LogP contribution in [0.15, 0.2) is 12.2 Å². The Kier molecular flexibility index (Phi) is 4.17. The van der Waals surface area contributed by atoms with E-state index >= 15 is 0 Å². The van der Waals surface area contributed by atoms with E-state index in [2.05, 4.69) is 0 Å². The highest BCUT2D eigenvalue weighted by Crippen LogP contribution is 2.27. The Labute approximate surface area is 76.9 Å². The van der Waals surface area contributed by atoms with Crippen molar-refractivity contribution in [2.75, 3.05) is 0 Å². The molecule has 4 heteroatoms. The van der Waals surface area contributed by atoms with Crippen molar-refractivity contribution in [3.8, 4) is 0 Å². The van der Waals surface area contributed by atoms with Crippen LogP contribution in [0.3, 0.4) is 0 Å². The van der Waals surface area contributed by atoms with Crippen molar-refractivity contribution in [3.63, 3.8) is 0 Å². The zero-order chi connectivity index (χ0) is 10.5. The Morgan fingerprint density at radius 2 is 1.77 bits per heavy atom. The highest BCUT2D eigenvalue weighted by Gasteiger charge is 2.43. The summed E-state index contributed by atoms with van der Waals surface area (Å²) >= 11 is 0. The fourth-order valence-electron chi connectivity index (χ4n) is 1.03. The number of carboxylic acids is 2. The monoisotopic (exact) mass is 186 g/mol. The molecule has 74 valence electrons. The lowest BCUT2D eigenvalue weighted by Crippen LogP contribution is -2.38. The van der Waals surface area contributed by atoms with E-state index < -0.39 is 17.4 Å². The molecule has 2 N–H and O–H groups in total. The lowest BCUT2D eigenvalue weighted by Gasteiger charge is -2.20. The molecule has 0 aromatic carbocycles. The molecule has 0 aromatic rings. The summed E-state index contributed by atoms with van der Waals surface area (Å²) in [6, 6.07) is 0. The second-order valence-corrected chi connectivity index (χ2v) is 2.82. The normalized spacial score (nSPS) is 11.8. The maximum absolute atomic E-state index is 10.8. The predicted molar refractivity (Wildman–Crippen MR) is 47.4 cm³/mol. The molecular formula is C9H14O4. The third-order valence-corrected chi connectivity index (χ3v) is 2.12. The van der Waals surface area contributed by atoms with Crippen LogP contribution in [-0.4, -0.2) is 22.2 Å². The van der Waals surface area contributed by atoms with Crippen LogP contribution < -0.4 is 0 Å². The largest absolute Gasteiger partial charge is 0.480 e. The van der Waals surface area contributed by atoms with E-state index in [9.17, 15) is 9.59 Å². The Hall–Kier alpha value is -1.32. The van der Waals surface area contributed by atoms with Crippen molar-refractivity contribution in [2.24, 2.45) is 5.41 Å². The van der Waals surface area contributed by atoms with Crippen molar-refractivity contribution in [2.45, 2.75) is 26.7 Å². The van der Waals surface area contributed by atoms with Crippen LogP contribution in [-0.2, 0) is 9.59 Å². The fourth-order valence-corrected chi connectivity index (χ4v) is 1.03. The van der Waals surface area contributed by atoms with Gasteiger partial charge in [-0.05, 0) is 19.8 Å². The summed E-state index contributed by atoms with van der Waals surface area (Å²) in [5.41, 5.74) is -1.66. The Balaban J connectivity index is 4.87. The molecule has 0 spiro atoms. The molecule has 0 bridgehead atoms. The number of rotatable bonds is 5. The van der Waals surface area contributed by atoms with Gasteiger partial charge in [-0.3, -0.25) is 9.59 Å². The Morgan fingerprint density at radius 3 is 2.00 bits per heavy atom. The first-order valence-electron chi connectivity index (χ1n) is 4.09. The average Bonchev–Trinajstić information content (AvgIpc) is 2.05. The van der Waals surface area contributed by atoms with Crippen molar-refractivity contribution < 1.29 is 19.8 Å². The summed E-state index contributed by atoms with van der Waals surface area (Å²) in [4.78, 5) is 21.6. The molecule has 0 radical (unpaired) electrons. The van der Waals surface area contributed by atoms with E-state index in [4.69, 9.17) is 10.2 Å². The first kappa shape index (κ1) is 11.7. The van der Waals surface area contributed by atoms with Crippen molar-refractivity contribution in [1.82, 2.24) is 0 Å². The summed E-state index contributed by atoms with van der Waals surface area (Å²) in [6.45, 7) is 3.29. The molecule has 0 unspecified atom stereocenters. The Bertz CT molecular complexity index is 216. The number of hydrogen-bond donors (Lipinski definition) is 2. The van der Waals surface area contributed by atoms with Gasteiger partial charge in [0.2, 0.25) is 0 Å². The minimum atomic E-state index is -1.66. The lowest BCUT2D eigenvalue weighted by molar-refractivity contribution is -0.164.